The van der Waals surface area contributed by atoms with Crippen molar-refractivity contribution in [2.24, 2.45) is 16.8 Å². The third-order valence-corrected chi connectivity index (χ3v) is 3.87. The van der Waals surface area contributed by atoms with Gasteiger partial charge in [0.1, 0.15) is 6.54 Å². The second-order valence-electron chi connectivity index (χ2n) is 6.74. The maximum Gasteiger partial charge on any atom is 0.310 e. The number of rotatable bonds is 6. The largest absolute Gasteiger partial charge is 0.466 e. The fourth-order valence-corrected chi connectivity index (χ4v) is 2.47. The molecular formula is C17H33IN4O3. The van der Waals surface area contributed by atoms with Gasteiger partial charge in [0.2, 0.25) is 5.91 Å². The monoisotopic (exact) mass is 468 g/mol. The molecule has 1 aliphatic heterocycles. The van der Waals surface area contributed by atoms with Crippen LogP contribution in [0.15, 0.2) is 4.99 Å². The van der Waals surface area contributed by atoms with Crippen LogP contribution >= 0.6 is 24.0 Å². The molecule has 0 bridgehead atoms. The van der Waals surface area contributed by atoms with Crippen LogP contribution in [0.4, 0.5) is 0 Å². The molecule has 25 heavy (non-hydrogen) atoms. The van der Waals surface area contributed by atoms with E-state index in [4.69, 9.17) is 4.74 Å². The summed E-state index contributed by atoms with van der Waals surface area (Å²) in [6.45, 7) is 8.75. The normalized spacial score (nSPS) is 17.8. The predicted octanol–water partition coefficient (Wildman–Crippen LogP) is 1.57. The van der Waals surface area contributed by atoms with Crippen molar-refractivity contribution in [3.63, 3.8) is 0 Å². The van der Waals surface area contributed by atoms with E-state index in [1.807, 2.05) is 6.92 Å². The lowest BCUT2D eigenvalue weighted by Gasteiger charge is -2.34. The fraction of sp³-hybridized carbons (Fsp3) is 0.824. The maximum atomic E-state index is 12.0. The van der Waals surface area contributed by atoms with E-state index >= 15 is 0 Å². The van der Waals surface area contributed by atoms with Crippen LogP contribution in [0.5, 0.6) is 0 Å². The van der Waals surface area contributed by atoms with Gasteiger partial charge in [0, 0.05) is 33.7 Å². The molecule has 0 aliphatic carbocycles. The minimum absolute atomic E-state index is 0. The standard InChI is InChI=1S/C17H32N4O3.HI/c1-6-24-16(23)14-8-7-9-21(12-14)17(18-10-13(2)3)19-11-15(22)20(4)5;/h13-14H,6-12H2,1-5H3,(H,18,19);1H. The Hall–Kier alpha value is -1.06. The number of ether oxygens (including phenoxy) is 1. The summed E-state index contributed by atoms with van der Waals surface area (Å²) in [4.78, 5) is 31.9. The predicted molar refractivity (Wildman–Crippen MR) is 110 cm³/mol. The molecule has 1 rings (SSSR count). The van der Waals surface area contributed by atoms with Crippen molar-refractivity contribution in [3.05, 3.63) is 0 Å². The fourth-order valence-electron chi connectivity index (χ4n) is 2.47. The summed E-state index contributed by atoms with van der Waals surface area (Å²) in [7, 11) is 3.44. The van der Waals surface area contributed by atoms with Gasteiger partial charge in [-0.05, 0) is 25.7 Å². The second-order valence-corrected chi connectivity index (χ2v) is 6.74. The Morgan fingerprint density at radius 3 is 2.60 bits per heavy atom. The number of esters is 1. The molecule has 1 unspecified atom stereocenters. The molecule has 8 heteroatoms. The molecule has 0 aromatic rings. The molecule has 7 nitrogen and oxygen atoms in total. The summed E-state index contributed by atoms with van der Waals surface area (Å²) in [5, 5.41) is 3.33. The number of amides is 1. The Morgan fingerprint density at radius 1 is 1.36 bits per heavy atom. The summed E-state index contributed by atoms with van der Waals surface area (Å²) in [5.74, 6) is 0.847. The van der Waals surface area contributed by atoms with Crippen molar-refractivity contribution in [2.45, 2.75) is 33.6 Å². The SMILES string of the molecule is CCOC(=O)C1CCCN(C(=NCC(=O)N(C)C)NCC(C)C)C1.I. The molecule has 0 spiro atoms. The number of likely N-dealkylation sites (tertiary alicyclic amines) is 1. The first-order chi connectivity index (χ1) is 11.3. The van der Waals surface area contributed by atoms with E-state index in [1.165, 1.54) is 4.90 Å². The summed E-state index contributed by atoms with van der Waals surface area (Å²) in [6, 6.07) is 0. The van der Waals surface area contributed by atoms with Crippen LogP contribution in [-0.4, -0.2) is 74.5 Å². The van der Waals surface area contributed by atoms with E-state index in [9.17, 15) is 9.59 Å². The van der Waals surface area contributed by atoms with Gasteiger partial charge in [-0.25, -0.2) is 4.99 Å². The maximum absolute atomic E-state index is 12.0. The summed E-state index contributed by atoms with van der Waals surface area (Å²) >= 11 is 0. The lowest BCUT2D eigenvalue weighted by atomic mass is 9.98. The first kappa shape index (κ1) is 23.9. The van der Waals surface area contributed by atoms with Crippen LogP contribution in [0, 0.1) is 11.8 Å². The lowest BCUT2D eigenvalue weighted by molar-refractivity contribution is -0.149. The van der Waals surface area contributed by atoms with Crippen molar-refractivity contribution in [2.75, 3.05) is 46.9 Å². The molecule has 1 heterocycles. The highest BCUT2D eigenvalue weighted by Gasteiger charge is 2.28. The number of nitrogens with zero attached hydrogens (tertiary/aromatic N) is 3. The van der Waals surface area contributed by atoms with Crippen molar-refractivity contribution in [3.8, 4) is 0 Å². The molecule has 1 aliphatic rings. The van der Waals surface area contributed by atoms with Crippen LogP contribution in [0.3, 0.4) is 0 Å². The number of carbonyl (C=O) groups excluding carboxylic acids is 2. The van der Waals surface area contributed by atoms with Crippen molar-refractivity contribution in [1.82, 2.24) is 15.1 Å². The third kappa shape index (κ3) is 8.73. The molecule has 1 amide bonds. The minimum Gasteiger partial charge on any atom is -0.466 e. The van der Waals surface area contributed by atoms with E-state index in [1.54, 1.807) is 14.1 Å². The number of guanidine groups is 1. The zero-order valence-corrected chi connectivity index (χ0v) is 18.4. The van der Waals surface area contributed by atoms with Gasteiger partial charge in [0.05, 0.1) is 12.5 Å². The average molecular weight is 468 g/mol. The zero-order valence-electron chi connectivity index (χ0n) is 16.1. The summed E-state index contributed by atoms with van der Waals surface area (Å²) in [6.07, 6.45) is 1.75. The van der Waals surface area contributed by atoms with Crippen LogP contribution in [-0.2, 0) is 14.3 Å². The van der Waals surface area contributed by atoms with E-state index in [2.05, 4.69) is 29.1 Å². The molecular weight excluding hydrogens is 435 g/mol. The topological polar surface area (TPSA) is 74.2 Å². The molecule has 0 radical (unpaired) electrons. The zero-order chi connectivity index (χ0) is 18.1. The average Bonchev–Trinajstić information content (AvgIpc) is 2.54. The second kappa shape index (κ2) is 12.3. The van der Waals surface area contributed by atoms with Crippen molar-refractivity contribution >= 4 is 41.8 Å². The number of hydrogen-bond donors (Lipinski definition) is 1. The molecule has 1 fully saturated rings. The highest BCUT2D eigenvalue weighted by Crippen LogP contribution is 2.18. The van der Waals surface area contributed by atoms with Gasteiger partial charge >= 0.3 is 5.97 Å². The van der Waals surface area contributed by atoms with E-state index in [0.29, 0.717) is 25.0 Å². The van der Waals surface area contributed by atoms with Gasteiger partial charge in [0.25, 0.3) is 0 Å². The number of aliphatic imine (C=N–C) groups is 1. The lowest BCUT2D eigenvalue weighted by Crippen LogP contribution is -2.49. The number of halogens is 1. The van der Waals surface area contributed by atoms with E-state index in [0.717, 1.165) is 25.9 Å². The third-order valence-electron chi connectivity index (χ3n) is 3.87. The van der Waals surface area contributed by atoms with Gasteiger partial charge in [-0.3, -0.25) is 9.59 Å². The Morgan fingerprint density at radius 2 is 2.04 bits per heavy atom. The quantitative estimate of drug-likeness (QED) is 0.277. The first-order valence-corrected chi connectivity index (χ1v) is 8.75. The Balaban J connectivity index is 0.00000576. The number of nitrogens with one attached hydrogen (secondary N) is 1. The van der Waals surface area contributed by atoms with Crippen LogP contribution < -0.4 is 5.32 Å². The number of likely N-dealkylation sites (N-methyl/N-ethyl adjacent to an activating group) is 1. The Bertz CT molecular complexity index is 455. The van der Waals surface area contributed by atoms with Gasteiger partial charge < -0.3 is 19.9 Å². The minimum atomic E-state index is -0.144. The first-order valence-electron chi connectivity index (χ1n) is 8.75. The van der Waals surface area contributed by atoms with Crippen LogP contribution in [0.25, 0.3) is 0 Å². The number of piperidine rings is 1. The molecule has 146 valence electrons. The molecule has 1 saturated heterocycles. The molecule has 0 aromatic heterocycles. The number of carbonyl (C=O) groups is 2. The van der Waals surface area contributed by atoms with Crippen LogP contribution in [0.2, 0.25) is 0 Å². The van der Waals surface area contributed by atoms with Gasteiger partial charge in [-0.15, -0.1) is 24.0 Å². The van der Waals surface area contributed by atoms with Crippen molar-refractivity contribution in [1.29, 1.82) is 0 Å². The molecule has 0 saturated carbocycles. The smallest absolute Gasteiger partial charge is 0.310 e. The van der Waals surface area contributed by atoms with Gasteiger partial charge in [-0.1, -0.05) is 13.8 Å². The summed E-state index contributed by atoms with van der Waals surface area (Å²) < 4.78 is 5.15. The van der Waals surface area contributed by atoms with E-state index in [-0.39, 0.29) is 48.3 Å². The molecule has 1 atom stereocenters. The van der Waals surface area contributed by atoms with Gasteiger partial charge in [-0.2, -0.15) is 0 Å². The Kier molecular flexibility index (Phi) is 11.8. The highest BCUT2D eigenvalue weighted by atomic mass is 127. The highest BCUT2D eigenvalue weighted by molar-refractivity contribution is 14.0. The van der Waals surface area contributed by atoms with Crippen LogP contribution in [0.1, 0.15) is 33.6 Å². The Labute approximate surface area is 168 Å². The van der Waals surface area contributed by atoms with Crippen molar-refractivity contribution < 1.29 is 14.3 Å². The summed E-state index contributed by atoms with van der Waals surface area (Å²) in [5.41, 5.74) is 0. The number of hydrogen-bond acceptors (Lipinski definition) is 4. The van der Waals surface area contributed by atoms with Gasteiger partial charge in [0.15, 0.2) is 5.96 Å². The molecule has 1 N–H and O–H groups in total. The van der Waals surface area contributed by atoms with E-state index < -0.39 is 0 Å². The molecule has 0 aromatic carbocycles.